The quantitative estimate of drug-likeness (QED) is 0.754. The van der Waals surface area contributed by atoms with Crippen molar-refractivity contribution in [2.75, 3.05) is 0 Å². The van der Waals surface area contributed by atoms with E-state index in [9.17, 15) is 5.11 Å². The van der Waals surface area contributed by atoms with Gasteiger partial charge in [-0.3, -0.25) is 0 Å². The largest absolute Gasteiger partial charge is 0.387 e. The molecule has 2 aromatic carbocycles. The normalized spacial score (nSPS) is 12.7. The van der Waals surface area contributed by atoms with Crippen LogP contribution in [0.3, 0.4) is 0 Å². The molecule has 1 N–H and O–H groups in total. The second-order valence-electron chi connectivity index (χ2n) is 4.88. The Hall–Kier alpha value is -2.06. The van der Waals surface area contributed by atoms with Gasteiger partial charge in [0.1, 0.15) is 0 Å². The highest BCUT2D eigenvalue weighted by molar-refractivity contribution is 5.81. The maximum atomic E-state index is 10.4. The van der Waals surface area contributed by atoms with E-state index in [0.29, 0.717) is 6.54 Å². The van der Waals surface area contributed by atoms with E-state index < -0.39 is 6.10 Å². The predicted molar refractivity (Wildman–Crippen MR) is 78.1 cm³/mol. The fraction of sp³-hybridized carbons (Fsp3) is 0.176. The lowest BCUT2D eigenvalue weighted by Crippen LogP contribution is -2.09. The van der Waals surface area contributed by atoms with E-state index >= 15 is 0 Å². The molecule has 2 nitrogen and oxygen atoms in total. The number of benzene rings is 2. The molecule has 0 aliphatic heterocycles. The minimum absolute atomic E-state index is 0.476. The fourth-order valence-electron chi connectivity index (χ4n) is 2.54. The minimum atomic E-state index is -0.476. The summed E-state index contributed by atoms with van der Waals surface area (Å²) in [6.07, 6.45) is -0.476. The van der Waals surface area contributed by atoms with Gasteiger partial charge in [0.25, 0.3) is 0 Å². The van der Waals surface area contributed by atoms with Crippen molar-refractivity contribution in [1.82, 2.24) is 4.57 Å². The fourth-order valence-corrected chi connectivity index (χ4v) is 2.54. The predicted octanol–water partition coefficient (Wildman–Crippen LogP) is 3.68. The second-order valence-corrected chi connectivity index (χ2v) is 4.88. The molecule has 3 rings (SSSR count). The molecule has 1 heterocycles. The summed E-state index contributed by atoms with van der Waals surface area (Å²) in [4.78, 5) is 0. The number of para-hydroxylation sites is 1. The molecule has 19 heavy (non-hydrogen) atoms. The average Bonchev–Trinajstić information content (AvgIpc) is 2.76. The molecule has 0 aliphatic carbocycles. The molecular formula is C17H17NO. The van der Waals surface area contributed by atoms with Crippen molar-refractivity contribution in [2.45, 2.75) is 19.6 Å². The van der Waals surface area contributed by atoms with Crippen molar-refractivity contribution in [3.63, 3.8) is 0 Å². The highest BCUT2D eigenvalue weighted by atomic mass is 16.3. The van der Waals surface area contributed by atoms with Crippen LogP contribution in [0.25, 0.3) is 10.9 Å². The van der Waals surface area contributed by atoms with Crippen molar-refractivity contribution in [2.24, 2.45) is 0 Å². The summed E-state index contributed by atoms with van der Waals surface area (Å²) in [7, 11) is 0. The number of rotatable bonds is 3. The molecule has 3 aromatic rings. The van der Waals surface area contributed by atoms with Crippen LogP contribution in [0.2, 0.25) is 0 Å². The summed E-state index contributed by atoms with van der Waals surface area (Å²) < 4.78 is 2.17. The molecule has 0 fully saturated rings. The van der Waals surface area contributed by atoms with E-state index in [1.807, 2.05) is 42.5 Å². The highest BCUT2D eigenvalue weighted by Gasteiger charge is 2.11. The van der Waals surface area contributed by atoms with Gasteiger partial charge in [0.15, 0.2) is 0 Å². The van der Waals surface area contributed by atoms with Crippen LogP contribution in [0.1, 0.15) is 17.4 Å². The van der Waals surface area contributed by atoms with Crippen LogP contribution in [-0.4, -0.2) is 9.67 Å². The van der Waals surface area contributed by atoms with Gasteiger partial charge in [-0.2, -0.15) is 0 Å². The van der Waals surface area contributed by atoms with E-state index in [1.165, 1.54) is 16.6 Å². The topological polar surface area (TPSA) is 25.2 Å². The molecular weight excluding hydrogens is 234 g/mol. The number of aliphatic hydroxyl groups excluding tert-OH is 1. The summed E-state index contributed by atoms with van der Waals surface area (Å²) in [6.45, 7) is 2.67. The minimum Gasteiger partial charge on any atom is -0.387 e. The molecule has 0 spiro atoms. The van der Waals surface area contributed by atoms with Gasteiger partial charge < -0.3 is 9.67 Å². The third-order valence-corrected chi connectivity index (χ3v) is 3.56. The smallest absolute Gasteiger partial charge is 0.0969 e. The third-order valence-electron chi connectivity index (χ3n) is 3.56. The third kappa shape index (κ3) is 2.27. The number of aryl methyl sites for hydroxylation is 1. The lowest BCUT2D eigenvalue weighted by atomic mass is 10.1. The van der Waals surface area contributed by atoms with Gasteiger partial charge in [-0.1, -0.05) is 48.5 Å². The SMILES string of the molecule is Cc1cc2ccccc2n1CC(O)c1ccccc1. The molecule has 0 radical (unpaired) electrons. The van der Waals surface area contributed by atoms with Crippen molar-refractivity contribution in [3.8, 4) is 0 Å². The van der Waals surface area contributed by atoms with Gasteiger partial charge in [0.2, 0.25) is 0 Å². The van der Waals surface area contributed by atoms with Crippen molar-refractivity contribution in [3.05, 3.63) is 71.9 Å². The summed E-state index contributed by atoms with van der Waals surface area (Å²) >= 11 is 0. The molecule has 0 saturated carbocycles. The van der Waals surface area contributed by atoms with E-state index in [0.717, 1.165) is 5.56 Å². The van der Waals surface area contributed by atoms with Gasteiger partial charge in [0, 0.05) is 11.2 Å². The lowest BCUT2D eigenvalue weighted by molar-refractivity contribution is 0.157. The number of aromatic nitrogens is 1. The standard InChI is InChI=1S/C17H17NO/c1-13-11-15-9-5-6-10-16(15)18(13)12-17(19)14-7-3-2-4-8-14/h2-11,17,19H,12H2,1H3. The van der Waals surface area contributed by atoms with Crippen LogP contribution in [0.15, 0.2) is 60.7 Å². The number of nitrogens with zero attached hydrogens (tertiary/aromatic N) is 1. The Morgan fingerprint density at radius 3 is 2.47 bits per heavy atom. The van der Waals surface area contributed by atoms with Crippen LogP contribution < -0.4 is 0 Å². The van der Waals surface area contributed by atoms with Gasteiger partial charge in [-0.25, -0.2) is 0 Å². The Morgan fingerprint density at radius 2 is 1.68 bits per heavy atom. The molecule has 2 heteroatoms. The van der Waals surface area contributed by atoms with Crippen LogP contribution in [0, 0.1) is 6.92 Å². The van der Waals surface area contributed by atoms with Crippen LogP contribution in [0.5, 0.6) is 0 Å². The zero-order valence-corrected chi connectivity index (χ0v) is 11.0. The Morgan fingerprint density at radius 1 is 1.00 bits per heavy atom. The first kappa shape index (κ1) is 12.0. The molecule has 0 bridgehead atoms. The molecule has 1 aromatic heterocycles. The van der Waals surface area contributed by atoms with Gasteiger partial charge in [0.05, 0.1) is 12.6 Å². The summed E-state index contributed by atoms with van der Waals surface area (Å²) in [5, 5.41) is 11.6. The van der Waals surface area contributed by atoms with Crippen molar-refractivity contribution < 1.29 is 5.11 Å². The Kier molecular flexibility index (Phi) is 3.10. The molecule has 0 amide bonds. The maximum absolute atomic E-state index is 10.4. The number of hydrogen-bond acceptors (Lipinski definition) is 1. The average molecular weight is 251 g/mol. The summed E-state index contributed by atoms with van der Waals surface area (Å²) in [5.41, 5.74) is 3.31. The first-order valence-electron chi connectivity index (χ1n) is 6.53. The van der Waals surface area contributed by atoms with E-state index in [-0.39, 0.29) is 0 Å². The molecule has 96 valence electrons. The molecule has 0 saturated heterocycles. The Bertz CT molecular complexity index is 685. The van der Waals surface area contributed by atoms with Crippen molar-refractivity contribution in [1.29, 1.82) is 0 Å². The number of aliphatic hydroxyl groups is 1. The highest BCUT2D eigenvalue weighted by Crippen LogP contribution is 2.23. The van der Waals surface area contributed by atoms with Gasteiger partial charge >= 0.3 is 0 Å². The first-order valence-corrected chi connectivity index (χ1v) is 6.53. The van der Waals surface area contributed by atoms with Crippen LogP contribution >= 0.6 is 0 Å². The zero-order chi connectivity index (χ0) is 13.2. The molecule has 1 unspecified atom stereocenters. The Balaban J connectivity index is 1.95. The van der Waals surface area contributed by atoms with E-state index in [4.69, 9.17) is 0 Å². The maximum Gasteiger partial charge on any atom is 0.0969 e. The number of hydrogen-bond donors (Lipinski definition) is 1. The van der Waals surface area contributed by atoms with E-state index in [2.05, 4.69) is 29.7 Å². The summed E-state index contributed by atoms with van der Waals surface area (Å²) in [5.74, 6) is 0. The van der Waals surface area contributed by atoms with Gasteiger partial charge in [-0.05, 0) is 30.0 Å². The van der Waals surface area contributed by atoms with Crippen LogP contribution in [0.4, 0.5) is 0 Å². The lowest BCUT2D eigenvalue weighted by Gasteiger charge is -2.14. The molecule has 1 atom stereocenters. The van der Waals surface area contributed by atoms with Crippen LogP contribution in [-0.2, 0) is 6.54 Å². The zero-order valence-electron chi connectivity index (χ0n) is 11.0. The van der Waals surface area contributed by atoms with E-state index in [1.54, 1.807) is 0 Å². The molecule has 0 aliphatic rings. The monoisotopic (exact) mass is 251 g/mol. The number of fused-ring (bicyclic) bond motifs is 1. The Labute approximate surface area is 112 Å². The van der Waals surface area contributed by atoms with Crippen molar-refractivity contribution >= 4 is 10.9 Å². The summed E-state index contributed by atoms with van der Waals surface area (Å²) in [6, 6.07) is 20.2. The second kappa shape index (κ2) is 4.90. The van der Waals surface area contributed by atoms with Gasteiger partial charge in [-0.15, -0.1) is 0 Å². The first-order chi connectivity index (χ1) is 9.25.